The zero-order valence-electron chi connectivity index (χ0n) is 51.9. The number of hydrogen-bond acceptors (Lipinski definition) is 18. The number of aliphatic hydroxyl groups is 11. The zero-order chi connectivity index (χ0) is 63.3. The maximum Gasteiger partial charge on any atom is 0.220 e. The Morgan fingerprint density at radius 1 is 0.425 bits per heavy atom. The van der Waals surface area contributed by atoms with Gasteiger partial charge in [-0.3, -0.25) is 4.79 Å². The van der Waals surface area contributed by atoms with Crippen molar-refractivity contribution < 1.29 is 89.4 Å². The van der Waals surface area contributed by atoms with Crippen molar-refractivity contribution in [1.29, 1.82) is 0 Å². The molecule has 3 heterocycles. The van der Waals surface area contributed by atoms with Crippen LogP contribution in [0.2, 0.25) is 0 Å². The van der Waals surface area contributed by atoms with Crippen molar-refractivity contribution in [2.24, 2.45) is 0 Å². The molecular weight excluding hydrogens is 1120 g/mol. The predicted molar refractivity (Wildman–Crippen MR) is 336 cm³/mol. The second-order valence-electron chi connectivity index (χ2n) is 22.5. The first-order valence-corrected chi connectivity index (χ1v) is 32.3. The number of carbonyl (C=O) groups excluding carboxylic acids is 1. The first kappa shape index (κ1) is 77.4. The number of allylic oxidation sites excluding steroid dienone is 19. The Morgan fingerprint density at radius 2 is 0.793 bits per heavy atom. The van der Waals surface area contributed by atoms with Gasteiger partial charge in [0.05, 0.1) is 38.6 Å². The SMILES string of the molecule is CC/C=C\C/C=C\C/C=C\C/C=C\C/C=C\C/C=C\C/C=C\C/C=C\C/C=C\CCCCCC(=O)NC(COC1OC(CO)C(OC2OC(CO)C(OC3OC(CO)C(O)C(O)C3O)C(O)C2O)C(O)C1O)C(O)/C=C/CCCCCCCCCCC. The van der Waals surface area contributed by atoms with E-state index in [9.17, 15) is 61.0 Å². The molecule has 0 bridgehead atoms. The van der Waals surface area contributed by atoms with Crippen molar-refractivity contribution in [3.05, 3.63) is 122 Å². The smallest absolute Gasteiger partial charge is 0.220 e. The summed E-state index contributed by atoms with van der Waals surface area (Å²) in [4.78, 5) is 13.3. The molecule has 0 aromatic rings. The summed E-state index contributed by atoms with van der Waals surface area (Å²) in [6.07, 6.45) is 39.0. The summed E-state index contributed by atoms with van der Waals surface area (Å²) in [7, 11) is 0. The van der Waals surface area contributed by atoms with E-state index in [4.69, 9.17) is 28.4 Å². The molecule has 3 saturated heterocycles. The van der Waals surface area contributed by atoms with Gasteiger partial charge in [0.15, 0.2) is 18.9 Å². The molecule has 0 saturated carbocycles. The quantitative estimate of drug-likeness (QED) is 0.0211. The Morgan fingerprint density at radius 3 is 1.24 bits per heavy atom. The molecule has 17 unspecified atom stereocenters. The van der Waals surface area contributed by atoms with E-state index in [1.807, 2.05) is 6.08 Å². The minimum atomic E-state index is -1.99. The molecule has 0 aromatic heterocycles. The molecule has 0 radical (unpaired) electrons. The lowest BCUT2D eigenvalue weighted by Crippen LogP contribution is -2.66. The summed E-state index contributed by atoms with van der Waals surface area (Å²) in [5.41, 5.74) is 0. The van der Waals surface area contributed by atoms with E-state index in [2.05, 4.69) is 129 Å². The molecule has 19 heteroatoms. The van der Waals surface area contributed by atoms with Crippen molar-refractivity contribution in [1.82, 2.24) is 5.32 Å². The van der Waals surface area contributed by atoms with Crippen LogP contribution in [-0.4, -0.2) is 193 Å². The monoisotopic (exact) mass is 1230 g/mol. The van der Waals surface area contributed by atoms with Crippen LogP contribution in [0.5, 0.6) is 0 Å². The van der Waals surface area contributed by atoms with Crippen molar-refractivity contribution in [3.63, 3.8) is 0 Å². The summed E-state index contributed by atoms with van der Waals surface area (Å²) in [6, 6.07) is -0.999. The first-order valence-electron chi connectivity index (χ1n) is 32.3. The van der Waals surface area contributed by atoms with Gasteiger partial charge in [-0.1, -0.05) is 193 Å². The third-order valence-electron chi connectivity index (χ3n) is 15.3. The number of unbranched alkanes of at least 4 members (excludes halogenated alkanes) is 12. The average Bonchev–Trinajstić information content (AvgIpc) is 3.71. The van der Waals surface area contributed by atoms with Crippen LogP contribution in [0.4, 0.5) is 0 Å². The third-order valence-corrected chi connectivity index (χ3v) is 15.3. The van der Waals surface area contributed by atoms with E-state index in [-0.39, 0.29) is 18.9 Å². The van der Waals surface area contributed by atoms with Gasteiger partial charge in [-0.05, 0) is 89.9 Å². The van der Waals surface area contributed by atoms with Gasteiger partial charge in [-0.15, -0.1) is 0 Å². The molecule has 87 heavy (non-hydrogen) atoms. The largest absolute Gasteiger partial charge is 0.394 e. The van der Waals surface area contributed by atoms with Crippen molar-refractivity contribution in [2.45, 2.75) is 272 Å². The molecule has 3 fully saturated rings. The predicted octanol–water partition coefficient (Wildman–Crippen LogP) is 7.26. The first-order chi connectivity index (χ1) is 42.3. The van der Waals surface area contributed by atoms with Crippen LogP contribution in [0.3, 0.4) is 0 Å². The van der Waals surface area contributed by atoms with Crippen LogP contribution in [-0.2, 0) is 33.2 Å². The Bertz CT molecular complexity index is 2050. The lowest BCUT2D eigenvalue weighted by Gasteiger charge is -2.48. The van der Waals surface area contributed by atoms with E-state index < -0.39 is 124 Å². The van der Waals surface area contributed by atoms with E-state index >= 15 is 0 Å². The molecule has 3 aliphatic heterocycles. The zero-order valence-corrected chi connectivity index (χ0v) is 51.9. The molecule has 3 aliphatic rings. The fourth-order valence-electron chi connectivity index (χ4n) is 10.0. The van der Waals surface area contributed by atoms with Gasteiger partial charge in [-0.2, -0.15) is 0 Å². The van der Waals surface area contributed by atoms with E-state index in [0.29, 0.717) is 6.42 Å². The van der Waals surface area contributed by atoms with Crippen LogP contribution < -0.4 is 5.32 Å². The van der Waals surface area contributed by atoms with Crippen LogP contribution in [0.15, 0.2) is 122 Å². The highest BCUT2D eigenvalue weighted by Gasteiger charge is 2.53. The second-order valence-corrected chi connectivity index (χ2v) is 22.5. The molecule has 0 aliphatic carbocycles. The summed E-state index contributed by atoms with van der Waals surface area (Å²) in [5, 5.41) is 120. The number of amides is 1. The highest BCUT2D eigenvalue weighted by molar-refractivity contribution is 5.76. The molecule has 496 valence electrons. The van der Waals surface area contributed by atoms with Gasteiger partial charge >= 0.3 is 0 Å². The number of rotatable bonds is 46. The molecule has 19 nitrogen and oxygen atoms in total. The standard InChI is InChI=1S/C68H111NO18/c1-3-5-7-9-11-13-15-16-17-18-19-20-21-22-23-24-25-26-27-28-29-30-31-32-33-34-36-38-40-42-44-46-56(74)69-51(52(73)45-43-41-39-37-35-14-12-10-8-6-4-2)50-82-66-62(80)59(77)64(54(48-71)84-66)87-68-63(81)60(78)65(55(49-72)85-68)86-67-61(79)58(76)57(75)53(47-70)83-67/h5,7,11,13,16-17,19-20,22-23,25-26,28-29,31-32,34,36,43,45,51-55,57-68,70-73,75-81H,3-4,6,8-10,12,14-15,18,21,24,27,30,33,35,37-42,44,46-50H2,1-2H3,(H,69,74)/b7-5-,13-11-,17-16-,20-19-,23-22-,26-25-,29-28-,32-31-,36-34-,45-43+. The summed E-state index contributed by atoms with van der Waals surface area (Å²) < 4.78 is 34.2. The molecular formula is C68H111NO18. The average molecular weight is 1230 g/mol. The molecule has 3 rings (SSSR count). The van der Waals surface area contributed by atoms with Gasteiger partial charge < -0.3 is 89.9 Å². The molecule has 0 spiro atoms. The maximum atomic E-state index is 13.3. The number of carbonyl (C=O) groups is 1. The minimum Gasteiger partial charge on any atom is -0.394 e. The van der Waals surface area contributed by atoms with Gasteiger partial charge in [0, 0.05) is 6.42 Å². The van der Waals surface area contributed by atoms with Gasteiger partial charge in [0.2, 0.25) is 5.91 Å². The van der Waals surface area contributed by atoms with Crippen LogP contribution in [0.25, 0.3) is 0 Å². The van der Waals surface area contributed by atoms with E-state index in [1.54, 1.807) is 6.08 Å². The Balaban J connectivity index is 1.43. The fourth-order valence-corrected chi connectivity index (χ4v) is 10.0. The second kappa shape index (κ2) is 49.0. The lowest BCUT2D eigenvalue weighted by atomic mass is 9.96. The Labute approximate surface area is 518 Å². The van der Waals surface area contributed by atoms with Gasteiger partial charge in [0.1, 0.15) is 73.2 Å². The number of nitrogens with one attached hydrogen (secondary N) is 1. The van der Waals surface area contributed by atoms with Crippen LogP contribution in [0.1, 0.15) is 168 Å². The molecule has 17 atom stereocenters. The fraction of sp³-hybridized carbons (Fsp3) is 0.691. The number of ether oxygens (including phenoxy) is 6. The third kappa shape index (κ3) is 31.7. The summed E-state index contributed by atoms with van der Waals surface area (Å²) >= 11 is 0. The number of hydrogen-bond donors (Lipinski definition) is 12. The Kier molecular flexibility index (Phi) is 43.6. The maximum absolute atomic E-state index is 13.3. The topological polar surface area (TPSA) is 307 Å². The summed E-state index contributed by atoms with van der Waals surface area (Å²) in [5.74, 6) is -0.316. The normalized spacial score (nSPS) is 29.4. The van der Waals surface area contributed by atoms with Gasteiger partial charge in [-0.25, -0.2) is 0 Å². The Hall–Kier alpha value is -3.81. The van der Waals surface area contributed by atoms with Crippen molar-refractivity contribution >= 4 is 5.91 Å². The van der Waals surface area contributed by atoms with E-state index in [1.165, 1.54) is 38.5 Å². The molecule has 0 aromatic carbocycles. The van der Waals surface area contributed by atoms with Crippen LogP contribution in [0, 0.1) is 0 Å². The summed E-state index contributed by atoms with van der Waals surface area (Å²) in [6.45, 7) is 1.53. The van der Waals surface area contributed by atoms with Crippen LogP contribution >= 0.6 is 0 Å². The highest BCUT2D eigenvalue weighted by atomic mass is 16.8. The minimum absolute atomic E-state index is 0.194. The molecule has 12 N–H and O–H groups in total. The van der Waals surface area contributed by atoms with Crippen molar-refractivity contribution in [3.8, 4) is 0 Å². The van der Waals surface area contributed by atoms with E-state index in [0.717, 1.165) is 103 Å². The highest BCUT2D eigenvalue weighted by Crippen LogP contribution is 2.33. The van der Waals surface area contributed by atoms with Crippen molar-refractivity contribution in [2.75, 3.05) is 26.4 Å². The molecule has 1 amide bonds. The van der Waals surface area contributed by atoms with Gasteiger partial charge in [0.25, 0.3) is 0 Å². The lowest BCUT2D eigenvalue weighted by molar-refractivity contribution is -0.379. The number of aliphatic hydroxyl groups excluding tert-OH is 11.